The molecule has 0 aliphatic rings. The molecule has 0 saturated heterocycles. The van der Waals surface area contributed by atoms with Crippen LogP contribution >= 0.6 is 0 Å². The second kappa shape index (κ2) is 7.28. The maximum atomic E-state index is 9.67. The van der Waals surface area contributed by atoms with Crippen LogP contribution in [0.2, 0.25) is 0 Å². The number of hydrogen-bond donors (Lipinski definition) is 1. The van der Waals surface area contributed by atoms with E-state index in [4.69, 9.17) is 4.74 Å². The first-order valence-corrected chi connectivity index (χ1v) is 6.40. The van der Waals surface area contributed by atoms with Crippen molar-refractivity contribution in [3.05, 3.63) is 24.0 Å². The topological polar surface area (TPSA) is 42.4 Å². The highest BCUT2D eigenvalue weighted by molar-refractivity contribution is 5.23. The summed E-state index contributed by atoms with van der Waals surface area (Å²) in [6.07, 6.45) is 7.07. The molecular weight excluding hydrogens is 214 g/mol. The molecule has 1 aromatic heterocycles. The molecule has 1 heterocycles. The summed E-state index contributed by atoms with van der Waals surface area (Å²) < 4.78 is 5.58. The van der Waals surface area contributed by atoms with E-state index in [9.17, 15) is 5.11 Å². The van der Waals surface area contributed by atoms with Crippen molar-refractivity contribution in [3.8, 4) is 5.75 Å². The van der Waals surface area contributed by atoms with E-state index in [1.807, 2.05) is 26.1 Å². The van der Waals surface area contributed by atoms with E-state index in [0.717, 1.165) is 37.0 Å². The van der Waals surface area contributed by atoms with Gasteiger partial charge in [0.25, 0.3) is 0 Å². The average molecular weight is 237 g/mol. The van der Waals surface area contributed by atoms with Crippen LogP contribution in [0.15, 0.2) is 18.5 Å². The van der Waals surface area contributed by atoms with Gasteiger partial charge in [-0.1, -0.05) is 13.3 Å². The van der Waals surface area contributed by atoms with Gasteiger partial charge in [0.2, 0.25) is 0 Å². The van der Waals surface area contributed by atoms with Gasteiger partial charge in [-0.15, -0.1) is 0 Å². The molecule has 0 amide bonds. The highest BCUT2D eigenvalue weighted by Gasteiger charge is 2.05. The first-order chi connectivity index (χ1) is 8.11. The second-order valence-electron chi connectivity index (χ2n) is 4.68. The van der Waals surface area contributed by atoms with E-state index in [2.05, 4.69) is 11.9 Å². The van der Waals surface area contributed by atoms with Crippen molar-refractivity contribution in [1.29, 1.82) is 0 Å². The van der Waals surface area contributed by atoms with Crippen molar-refractivity contribution in [2.75, 3.05) is 0 Å². The van der Waals surface area contributed by atoms with E-state index in [1.165, 1.54) is 0 Å². The Labute approximate surface area is 104 Å². The smallest absolute Gasteiger partial charge is 0.138 e. The van der Waals surface area contributed by atoms with Crippen molar-refractivity contribution < 1.29 is 9.84 Å². The number of rotatable bonds is 7. The van der Waals surface area contributed by atoms with Crippen LogP contribution in [-0.2, 0) is 6.42 Å². The number of aromatic nitrogens is 1. The van der Waals surface area contributed by atoms with Gasteiger partial charge in [-0.25, -0.2) is 0 Å². The summed E-state index contributed by atoms with van der Waals surface area (Å²) in [5, 5.41) is 9.67. The number of aliphatic hydroxyl groups excluding tert-OH is 1. The van der Waals surface area contributed by atoms with E-state index < -0.39 is 0 Å². The predicted molar refractivity (Wildman–Crippen MR) is 69.2 cm³/mol. The van der Waals surface area contributed by atoms with Crippen LogP contribution in [0.4, 0.5) is 0 Å². The summed E-state index contributed by atoms with van der Waals surface area (Å²) in [4.78, 5) is 4.15. The monoisotopic (exact) mass is 237 g/mol. The Morgan fingerprint density at radius 2 is 2.06 bits per heavy atom. The van der Waals surface area contributed by atoms with Gasteiger partial charge < -0.3 is 9.84 Å². The maximum Gasteiger partial charge on any atom is 0.138 e. The minimum Gasteiger partial charge on any atom is -0.489 e. The Bertz CT molecular complexity index is 326. The molecule has 1 N–H and O–H groups in total. The zero-order valence-corrected chi connectivity index (χ0v) is 11.0. The average Bonchev–Trinajstić information content (AvgIpc) is 2.26. The third-order valence-corrected chi connectivity index (χ3v) is 2.53. The molecule has 17 heavy (non-hydrogen) atoms. The zero-order valence-electron chi connectivity index (χ0n) is 11.0. The largest absolute Gasteiger partial charge is 0.489 e. The lowest BCUT2D eigenvalue weighted by Gasteiger charge is -2.11. The Kier molecular flexibility index (Phi) is 5.98. The Hall–Kier alpha value is -1.09. The fourth-order valence-electron chi connectivity index (χ4n) is 1.75. The van der Waals surface area contributed by atoms with Crippen molar-refractivity contribution in [1.82, 2.24) is 4.98 Å². The molecule has 0 spiro atoms. The molecule has 1 rings (SSSR count). The molecule has 0 aromatic carbocycles. The molecule has 0 bridgehead atoms. The fraction of sp³-hybridized carbons (Fsp3) is 0.643. The fourth-order valence-corrected chi connectivity index (χ4v) is 1.75. The molecule has 3 heteroatoms. The first-order valence-electron chi connectivity index (χ1n) is 6.40. The van der Waals surface area contributed by atoms with Crippen LogP contribution < -0.4 is 4.74 Å². The number of nitrogens with zero attached hydrogens (tertiary/aromatic N) is 1. The number of aryl methyl sites for hydroxylation is 1. The molecule has 1 aromatic rings. The third-order valence-electron chi connectivity index (χ3n) is 2.53. The van der Waals surface area contributed by atoms with Crippen molar-refractivity contribution >= 4 is 0 Å². The van der Waals surface area contributed by atoms with Gasteiger partial charge in [-0.2, -0.15) is 0 Å². The van der Waals surface area contributed by atoms with E-state index in [-0.39, 0.29) is 12.2 Å². The van der Waals surface area contributed by atoms with Gasteiger partial charge in [0, 0.05) is 6.20 Å². The molecule has 0 fully saturated rings. The van der Waals surface area contributed by atoms with Crippen LogP contribution in [0, 0.1) is 0 Å². The zero-order chi connectivity index (χ0) is 12.7. The first kappa shape index (κ1) is 14.0. The summed E-state index contributed by atoms with van der Waals surface area (Å²) in [6.45, 7) is 6.08. The quantitative estimate of drug-likeness (QED) is 0.792. The van der Waals surface area contributed by atoms with Gasteiger partial charge in [0.1, 0.15) is 5.75 Å². The van der Waals surface area contributed by atoms with Crippen molar-refractivity contribution in [2.24, 2.45) is 0 Å². The highest BCUT2D eigenvalue weighted by Crippen LogP contribution is 2.15. The standard InChI is InChI=1S/C14H23NO2/c1-4-5-13(16)7-6-12-8-14(10-15-9-12)17-11(2)3/h8-11,13,16H,4-7H2,1-3H3. The van der Waals surface area contributed by atoms with Gasteiger partial charge in [0.15, 0.2) is 0 Å². The minimum atomic E-state index is -0.199. The SMILES string of the molecule is CCCC(O)CCc1cncc(OC(C)C)c1. The normalized spacial score (nSPS) is 12.8. The molecule has 3 nitrogen and oxygen atoms in total. The second-order valence-corrected chi connectivity index (χ2v) is 4.68. The summed E-state index contributed by atoms with van der Waals surface area (Å²) >= 11 is 0. The number of aliphatic hydroxyl groups is 1. The Balaban J connectivity index is 2.48. The summed E-state index contributed by atoms with van der Waals surface area (Å²) in [7, 11) is 0. The van der Waals surface area contributed by atoms with Crippen LogP contribution in [0.3, 0.4) is 0 Å². The number of pyridine rings is 1. The lowest BCUT2D eigenvalue weighted by molar-refractivity contribution is 0.154. The van der Waals surface area contributed by atoms with Crippen LogP contribution in [0.1, 0.15) is 45.6 Å². The van der Waals surface area contributed by atoms with E-state index >= 15 is 0 Å². The van der Waals surface area contributed by atoms with Gasteiger partial charge in [0.05, 0.1) is 18.4 Å². The highest BCUT2D eigenvalue weighted by atomic mass is 16.5. The molecule has 1 atom stereocenters. The molecule has 0 aliphatic heterocycles. The summed E-state index contributed by atoms with van der Waals surface area (Å²) in [6, 6.07) is 2.01. The molecular formula is C14H23NO2. The molecule has 0 saturated carbocycles. The van der Waals surface area contributed by atoms with Crippen molar-refractivity contribution in [3.63, 3.8) is 0 Å². The van der Waals surface area contributed by atoms with E-state index in [1.54, 1.807) is 6.20 Å². The number of ether oxygens (including phenoxy) is 1. The van der Waals surface area contributed by atoms with Crippen LogP contribution in [0.25, 0.3) is 0 Å². The van der Waals surface area contributed by atoms with Gasteiger partial charge in [-0.3, -0.25) is 4.98 Å². The van der Waals surface area contributed by atoms with Crippen LogP contribution in [0.5, 0.6) is 5.75 Å². The summed E-state index contributed by atoms with van der Waals surface area (Å²) in [5.41, 5.74) is 1.12. The van der Waals surface area contributed by atoms with Crippen molar-refractivity contribution in [2.45, 2.75) is 58.7 Å². The predicted octanol–water partition coefficient (Wildman–Crippen LogP) is 2.96. The number of hydrogen-bond acceptors (Lipinski definition) is 3. The van der Waals surface area contributed by atoms with Gasteiger partial charge >= 0.3 is 0 Å². The summed E-state index contributed by atoms with van der Waals surface area (Å²) in [5.74, 6) is 0.808. The minimum absolute atomic E-state index is 0.165. The molecule has 96 valence electrons. The Morgan fingerprint density at radius 1 is 1.29 bits per heavy atom. The lowest BCUT2D eigenvalue weighted by atomic mass is 10.1. The van der Waals surface area contributed by atoms with Gasteiger partial charge in [-0.05, 0) is 44.7 Å². The van der Waals surface area contributed by atoms with Crippen LogP contribution in [-0.4, -0.2) is 22.3 Å². The Morgan fingerprint density at radius 3 is 2.71 bits per heavy atom. The lowest BCUT2D eigenvalue weighted by Crippen LogP contribution is -2.08. The van der Waals surface area contributed by atoms with E-state index in [0.29, 0.717) is 0 Å². The maximum absolute atomic E-state index is 9.67. The molecule has 0 radical (unpaired) electrons. The molecule has 0 aliphatic carbocycles. The molecule has 1 unspecified atom stereocenters. The third kappa shape index (κ3) is 5.68.